The fourth-order valence-electron chi connectivity index (χ4n) is 1.57. The van der Waals surface area contributed by atoms with Crippen LogP contribution in [-0.4, -0.2) is 30.4 Å². The number of hydrogen-bond acceptors (Lipinski definition) is 2. The fraction of sp³-hybridized carbons (Fsp3) is 0.786. The molecular weight excluding hydrogens is 212 g/mol. The molecule has 3 nitrogen and oxygen atoms in total. The maximum atomic E-state index is 11.9. The van der Waals surface area contributed by atoms with Gasteiger partial charge in [0.25, 0.3) is 0 Å². The molecule has 0 aliphatic carbocycles. The highest BCUT2D eigenvalue weighted by Crippen LogP contribution is 2.01. The summed E-state index contributed by atoms with van der Waals surface area (Å²) in [5.74, 6) is 0.142. The number of unbranched alkanes of at least 4 members (excludes halogenated alkanes) is 3. The Morgan fingerprint density at radius 1 is 1.12 bits per heavy atom. The van der Waals surface area contributed by atoms with Crippen LogP contribution in [0.1, 0.15) is 52.4 Å². The number of allylic oxidation sites excluding steroid dienone is 1. The molecule has 0 saturated carbocycles. The highest BCUT2D eigenvalue weighted by molar-refractivity contribution is 5.87. The van der Waals surface area contributed by atoms with Crippen LogP contribution in [0.4, 0.5) is 0 Å². The van der Waals surface area contributed by atoms with E-state index >= 15 is 0 Å². The highest BCUT2D eigenvalue weighted by atomic mass is 16.2. The van der Waals surface area contributed by atoms with E-state index in [0.717, 1.165) is 45.2 Å². The van der Waals surface area contributed by atoms with Crippen molar-refractivity contribution >= 4 is 5.91 Å². The van der Waals surface area contributed by atoms with Crippen molar-refractivity contribution in [3.8, 4) is 0 Å². The number of amides is 1. The molecule has 0 aromatic rings. The monoisotopic (exact) mass is 240 g/mol. The van der Waals surface area contributed by atoms with E-state index in [4.69, 9.17) is 5.73 Å². The van der Waals surface area contributed by atoms with Gasteiger partial charge in [-0.15, -0.1) is 0 Å². The minimum atomic E-state index is 0.142. The molecule has 0 unspecified atom stereocenters. The molecule has 0 aromatic carbocycles. The van der Waals surface area contributed by atoms with Crippen LogP contribution in [0.3, 0.4) is 0 Å². The van der Waals surface area contributed by atoms with Crippen LogP contribution in [0.2, 0.25) is 0 Å². The van der Waals surface area contributed by atoms with E-state index in [1.54, 1.807) is 6.08 Å². The zero-order valence-corrected chi connectivity index (χ0v) is 11.5. The summed E-state index contributed by atoms with van der Waals surface area (Å²) >= 11 is 0. The van der Waals surface area contributed by atoms with E-state index in [1.165, 1.54) is 6.42 Å². The van der Waals surface area contributed by atoms with Crippen molar-refractivity contribution in [3.63, 3.8) is 0 Å². The van der Waals surface area contributed by atoms with Crippen molar-refractivity contribution in [2.45, 2.75) is 52.4 Å². The molecule has 0 radical (unpaired) electrons. The number of carbonyl (C=O) groups excluding carboxylic acids is 1. The van der Waals surface area contributed by atoms with Gasteiger partial charge in [-0.2, -0.15) is 0 Å². The van der Waals surface area contributed by atoms with Gasteiger partial charge in [-0.3, -0.25) is 4.79 Å². The van der Waals surface area contributed by atoms with Crippen LogP contribution < -0.4 is 5.73 Å². The smallest absolute Gasteiger partial charge is 0.246 e. The average molecular weight is 240 g/mol. The van der Waals surface area contributed by atoms with Crippen molar-refractivity contribution in [1.29, 1.82) is 0 Å². The van der Waals surface area contributed by atoms with Gasteiger partial charge in [0.05, 0.1) is 0 Å². The Morgan fingerprint density at radius 3 is 2.35 bits per heavy atom. The van der Waals surface area contributed by atoms with Crippen LogP contribution in [0, 0.1) is 0 Å². The van der Waals surface area contributed by atoms with Crippen LogP contribution in [-0.2, 0) is 4.79 Å². The Balaban J connectivity index is 4.05. The number of nitrogens with zero attached hydrogens (tertiary/aromatic N) is 1. The Hall–Kier alpha value is -0.830. The van der Waals surface area contributed by atoms with Gasteiger partial charge in [0, 0.05) is 13.1 Å². The Morgan fingerprint density at radius 2 is 1.76 bits per heavy atom. The lowest BCUT2D eigenvalue weighted by atomic mass is 10.2. The Labute approximate surface area is 106 Å². The zero-order chi connectivity index (χ0) is 12.9. The van der Waals surface area contributed by atoms with Crippen LogP contribution in [0.15, 0.2) is 12.2 Å². The van der Waals surface area contributed by atoms with Crippen molar-refractivity contribution in [3.05, 3.63) is 12.2 Å². The van der Waals surface area contributed by atoms with Gasteiger partial charge in [-0.05, 0) is 31.9 Å². The molecular formula is C14H28N2O. The lowest BCUT2D eigenvalue weighted by Gasteiger charge is -2.20. The number of rotatable bonds is 10. The molecule has 0 aliphatic rings. The summed E-state index contributed by atoms with van der Waals surface area (Å²) in [6.07, 6.45) is 10.1. The normalized spacial score (nSPS) is 11.0. The molecule has 1 amide bonds. The van der Waals surface area contributed by atoms with Crippen LogP contribution in [0.25, 0.3) is 0 Å². The van der Waals surface area contributed by atoms with E-state index in [1.807, 2.05) is 11.0 Å². The van der Waals surface area contributed by atoms with Crippen molar-refractivity contribution < 1.29 is 4.79 Å². The van der Waals surface area contributed by atoms with Gasteiger partial charge in [0.2, 0.25) is 5.91 Å². The summed E-state index contributed by atoms with van der Waals surface area (Å²) in [6, 6.07) is 0. The third kappa shape index (κ3) is 8.93. The summed E-state index contributed by atoms with van der Waals surface area (Å²) in [5.41, 5.74) is 5.49. The van der Waals surface area contributed by atoms with Gasteiger partial charge >= 0.3 is 0 Å². The van der Waals surface area contributed by atoms with Crippen molar-refractivity contribution in [2.24, 2.45) is 5.73 Å². The van der Waals surface area contributed by atoms with Gasteiger partial charge < -0.3 is 10.6 Å². The Bertz CT molecular complexity index is 206. The van der Waals surface area contributed by atoms with Crippen molar-refractivity contribution in [2.75, 3.05) is 19.6 Å². The summed E-state index contributed by atoms with van der Waals surface area (Å²) in [7, 11) is 0. The van der Waals surface area contributed by atoms with Crippen LogP contribution >= 0.6 is 0 Å². The molecule has 3 heteroatoms. The lowest BCUT2D eigenvalue weighted by Crippen LogP contribution is -2.32. The molecule has 17 heavy (non-hydrogen) atoms. The molecule has 0 saturated heterocycles. The first-order valence-electron chi connectivity index (χ1n) is 6.91. The molecule has 0 bridgehead atoms. The van der Waals surface area contributed by atoms with Crippen molar-refractivity contribution in [1.82, 2.24) is 4.90 Å². The second kappa shape index (κ2) is 11.6. The second-order valence-electron chi connectivity index (χ2n) is 4.37. The molecule has 0 atom stereocenters. The van der Waals surface area contributed by atoms with Gasteiger partial charge in [0.1, 0.15) is 0 Å². The summed E-state index contributed by atoms with van der Waals surface area (Å²) in [5, 5.41) is 0. The van der Waals surface area contributed by atoms with Crippen LogP contribution in [0.5, 0.6) is 0 Å². The van der Waals surface area contributed by atoms with E-state index in [2.05, 4.69) is 13.8 Å². The molecule has 0 aromatic heterocycles. The molecule has 0 rings (SSSR count). The first kappa shape index (κ1) is 16.2. The topological polar surface area (TPSA) is 46.3 Å². The quantitative estimate of drug-likeness (QED) is 0.471. The second-order valence-corrected chi connectivity index (χ2v) is 4.37. The van der Waals surface area contributed by atoms with E-state index in [9.17, 15) is 4.79 Å². The zero-order valence-electron chi connectivity index (χ0n) is 11.5. The first-order valence-corrected chi connectivity index (χ1v) is 6.91. The summed E-state index contributed by atoms with van der Waals surface area (Å²) in [6.45, 7) is 6.59. The van der Waals surface area contributed by atoms with Gasteiger partial charge in [-0.1, -0.05) is 39.2 Å². The average Bonchev–Trinajstić information content (AvgIpc) is 2.34. The minimum Gasteiger partial charge on any atom is -0.339 e. The largest absolute Gasteiger partial charge is 0.339 e. The number of nitrogens with two attached hydrogens (primary N) is 1. The lowest BCUT2D eigenvalue weighted by molar-refractivity contribution is -0.126. The predicted octanol–water partition coefficient (Wildman–Crippen LogP) is 2.71. The van der Waals surface area contributed by atoms with E-state index in [0.29, 0.717) is 6.54 Å². The molecule has 0 heterocycles. The highest BCUT2D eigenvalue weighted by Gasteiger charge is 2.08. The molecule has 0 spiro atoms. The molecule has 2 N–H and O–H groups in total. The number of carbonyl (C=O) groups is 1. The maximum absolute atomic E-state index is 11.9. The van der Waals surface area contributed by atoms with E-state index in [-0.39, 0.29) is 5.91 Å². The number of hydrogen-bond donors (Lipinski definition) is 1. The third-order valence-electron chi connectivity index (χ3n) is 2.71. The molecule has 0 fully saturated rings. The van der Waals surface area contributed by atoms with Gasteiger partial charge in [0.15, 0.2) is 0 Å². The van der Waals surface area contributed by atoms with Gasteiger partial charge in [-0.25, -0.2) is 0 Å². The summed E-state index contributed by atoms with van der Waals surface area (Å²) < 4.78 is 0. The Kier molecular flexibility index (Phi) is 11.1. The predicted molar refractivity (Wildman–Crippen MR) is 73.8 cm³/mol. The SMILES string of the molecule is CCCCC=CC(=O)N(CCCC)CCCN. The first-order chi connectivity index (χ1) is 8.26. The third-order valence-corrected chi connectivity index (χ3v) is 2.71. The molecule has 100 valence electrons. The summed E-state index contributed by atoms with van der Waals surface area (Å²) in [4.78, 5) is 13.8. The van der Waals surface area contributed by atoms with E-state index < -0.39 is 0 Å². The maximum Gasteiger partial charge on any atom is 0.246 e. The standard InChI is InChI=1S/C14H28N2O/c1-3-5-7-8-10-14(17)16(12-6-4-2)13-9-11-15/h8,10H,3-7,9,11-13,15H2,1-2H3. The fourth-order valence-corrected chi connectivity index (χ4v) is 1.57. The minimum absolute atomic E-state index is 0.142. The molecule has 0 aliphatic heterocycles.